The van der Waals surface area contributed by atoms with Gasteiger partial charge in [0.15, 0.2) is 11.5 Å². The van der Waals surface area contributed by atoms with Gasteiger partial charge in [0, 0.05) is 18.2 Å². The first kappa shape index (κ1) is 25.4. The predicted molar refractivity (Wildman–Crippen MR) is 144 cm³/mol. The molecule has 198 valence electrons. The molecular formula is C30H32N2O6. The van der Waals surface area contributed by atoms with E-state index in [2.05, 4.69) is 5.32 Å². The first-order valence-electron chi connectivity index (χ1n) is 12.9. The Morgan fingerprint density at radius 1 is 0.921 bits per heavy atom. The highest BCUT2D eigenvalue weighted by Gasteiger charge is 2.46. The van der Waals surface area contributed by atoms with Crippen LogP contribution in [0.1, 0.15) is 52.9 Å². The molecule has 0 saturated heterocycles. The molecule has 2 amide bonds. The Balaban J connectivity index is 1.63. The lowest BCUT2D eigenvalue weighted by atomic mass is 9.75. The Kier molecular flexibility index (Phi) is 7.13. The third kappa shape index (κ3) is 4.40. The Bertz CT molecular complexity index is 1370. The number of fused-ring (bicyclic) bond motifs is 4. The molecule has 1 N–H and O–H groups in total. The molecule has 0 bridgehead atoms. The van der Waals surface area contributed by atoms with Crippen molar-refractivity contribution >= 4 is 17.5 Å². The van der Waals surface area contributed by atoms with Crippen molar-refractivity contribution in [2.75, 3.05) is 39.3 Å². The molecular weight excluding hydrogens is 484 g/mol. The van der Waals surface area contributed by atoms with E-state index in [0.29, 0.717) is 66.0 Å². The van der Waals surface area contributed by atoms with Crippen LogP contribution in [0.4, 0.5) is 5.69 Å². The molecule has 0 aromatic heterocycles. The van der Waals surface area contributed by atoms with Crippen LogP contribution in [0, 0.1) is 0 Å². The maximum Gasteiger partial charge on any atom is 0.254 e. The molecule has 3 aromatic carbocycles. The molecule has 2 atom stereocenters. The first-order chi connectivity index (χ1) is 18.5. The van der Waals surface area contributed by atoms with Crippen molar-refractivity contribution in [3.63, 3.8) is 0 Å². The average molecular weight is 517 g/mol. The van der Waals surface area contributed by atoms with Gasteiger partial charge in [0.25, 0.3) is 5.91 Å². The summed E-state index contributed by atoms with van der Waals surface area (Å²) in [7, 11) is 3.12. The molecule has 8 nitrogen and oxygen atoms in total. The number of hydrogen-bond donors (Lipinski definition) is 1. The van der Waals surface area contributed by atoms with Gasteiger partial charge in [-0.2, -0.15) is 0 Å². The monoisotopic (exact) mass is 516 g/mol. The number of hydrogen-bond acceptors (Lipinski definition) is 6. The van der Waals surface area contributed by atoms with E-state index in [4.69, 9.17) is 18.9 Å². The van der Waals surface area contributed by atoms with Crippen molar-refractivity contribution in [3.8, 4) is 23.0 Å². The van der Waals surface area contributed by atoms with Crippen LogP contribution in [0.15, 0.2) is 54.6 Å². The van der Waals surface area contributed by atoms with Crippen LogP contribution < -0.4 is 24.3 Å². The molecule has 5 rings (SSSR count). The summed E-state index contributed by atoms with van der Waals surface area (Å²) in [6.45, 7) is 5.33. The quantitative estimate of drug-likeness (QED) is 0.455. The minimum Gasteiger partial charge on any atom is -0.497 e. The molecule has 0 spiro atoms. The van der Waals surface area contributed by atoms with Crippen LogP contribution in [-0.2, 0) is 11.2 Å². The number of amides is 2. The lowest BCUT2D eigenvalue weighted by Gasteiger charge is -2.45. The highest BCUT2D eigenvalue weighted by Crippen LogP contribution is 2.49. The van der Waals surface area contributed by atoms with Crippen LogP contribution in [-0.4, -0.2) is 50.7 Å². The topological polar surface area (TPSA) is 86.3 Å². The predicted octanol–water partition coefficient (Wildman–Crippen LogP) is 4.98. The van der Waals surface area contributed by atoms with Gasteiger partial charge in [-0.05, 0) is 67.3 Å². The summed E-state index contributed by atoms with van der Waals surface area (Å²) in [4.78, 5) is 29.6. The third-order valence-corrected chi connectivity index (χ3v) is 7.13. The fourth-order valence-electron chi connectivity index (χ4n) is 5.47. The second kappa shape index (κ2) is 10.7. The molecule has 0 fully saturated rings. The summed E-state index contributed by atoms with van der Waals surface area (Å²) in [6.07, 6.45) is 0.660. The normalized spacial score (nSPS) is 17.6. The minimum absolute atomic E-state index is 0.0748. The number of benzene rings is 3. The lowest BCUT2D eigenvalue weighted by Crippen LogP contribution is -2.49. The second-order valence-corrected chi connectivity index (χ2v) is 9.18. The zero-order valence-corrected chi connectivity index (χ0v) is 22.1. The Morgan fingerprint density at radius 3 is 2.37 bits per heavy atom. The van der Waals surface area contributed by atoms with Gasteiger partial charge < -0.3 is 29.2 Å². The van der Waals surface area contributed by atoms with E-state index in [-0.39, 0.29) is 11.8 Å². The van der Waals surface area contributed by atoms with E-state index < -0.39 is 12.0 Å². The van der Waals surface area contributed by atoms with Crippen LogP contribution in [0.5, 0.6) is 23.0 Å². The van der Waals surface area contributed by atoms with Gasteiger partial charge in [-0.25, -0.2) is 0 Å². The Labute approximate surface area is 222 Å². The highest BCUT2D eigenvalue weighted by molar-refractivity contribution is 6.05. The second-order valence-electron chi connectivity index (χ2n) is 9.18. The van der Waals surface area contributed by atoms with Crippen LogP contribution in [0.3, 0.4) is 0 Å². The Hall–Kier alpha value is -4.20. The number of nitrogens with zero attached hydrogens (tertiary/aromatic N) is 1. The molecule has 3 aromatic rings. The minimum atomic E-state index is -0.651. The number of rotatable bonds is 8. The number of anilines is 1. The van der Waals surface area contributed by atoms with Crippen LogP contribution in [0.25, 0.3) is 0 Å². The van der Waals surface area contributed by atoms with Crippen molar-refractivity contribution in [1.82, 2.24) is 4.90 Å². The van der Waals surface area contributed by atoms with Gasteiger partial charge in [0.2, 0.25) is 5.91 Å². The van der Waals surface area contributed by atoms with Crippen LogP contribution >= 0.6 is 0 Å². The Morgan fingerprint density at radius 2 is 1.66 bits per heavy atom. The fraction of sp³-hybridized carbons (Fsp3) is 0.333. The van der Waals surface area contributed by atoms with Crippen molar-refractivity contribution in [2.45, 2.75) is 32.2 Å². The van der Waals surface area contributed by atoms with E-state index in [1.807, 2.05) is 49.1 Å². The summed E-state index contributed by atoms with van der Waals surface area (Å²) >= 11 is 0. The molecule has 0 unspecified atom stereocenters. The van der Waals surface area contributed by atoms with E-state index in [1.165, 1.54) is 0 Å². The zero-order valence-electron chi connectivity index (χ0n) is 22.1. The highest BCUT2D eigenvalue weighted by atomic mass is 16.5. The van der Waals surface area contributed by atoms with Gasteiger partial charge in [0.1, 0.15) is 11.5 Å². The van der Waals surface area contributed by atoms with E-state index >= 15 is 0 Å². The summed E-state index contributed by atoms with van der Waals surface area (Å²) < 4.78 is 22.6. The summed E-state index contributed by atoms with van der Waals surface area (Å²) in [5.41, 5.74) is 3.71. The standard InChI is InChI=1S/C30H32N2O6/c1-5-37-25-15-18-13-14-32-28(22(18)17-26(25)38-6-2)27(20-9-7-8-10-21(20)30(32)34)29(33)31-23-12-11-19(35-3)16-24(23)36-4/h7-12,15-17,27-28H,5-6,13-14H2,1-4H3,(H,31,33)/t27-,28+/m1/s1. The smallest absolute Gasteiger partial charge is 0.254 e. The maximum atomic E-state index is 14.1. The molecule has 0 aliphatic carbocycles. The van der Waals surface area contributed by atoms with Gasteiger partial charge in [0.05, 0.1) is 45.1 Å². The number of ether oxygens (including phenoxy) is 4. The summed E-state index contributed by atoms with van der Waals surface area (Å²) in [5, 5.41) is 3.06. The van der Waals surface area contributed by atoms with Gasteiger partial charge in [-0.15, -0.1) is 0 Å². The number of nitrogens with one attached hydrogen (secondary N) is 1. The molecule has 0 saturated carbocycles. The molecule has 38 heavy (non-hydrogen) atoms. The molecule has 2 aliphatic heterocycles. The number of carbonyl (C=O) groups excluding carboxylic acids is 2. The summed E-state index contributed by atoms with van der Waals surface area (Å²) in [6, 6.07) is 16.0. The van der Waals surface area contributed by atoms with Gasteiger partial charge >= 0.3 is 0 Å². The number of carbonyl (C=O) groups is 2. The van der Waals surface area contributed by atoms with Crippen molar-refractivity contribution in [1.29, 1.82) is 0 Å². The van der Waals surface area contributed by atoms with Crippen LogP contribution in [0.2, 0.25) is 0 Å². The van der Waals surface area contributed by atoms with E-state index in [1.54, 1.807) is 38.5 Å². The van der Waals surface area contributed by atoms with Crippen molar-refractivity contribution < 1.29 is 28.5 Å². The van der Waals surface area contributed by atoms with Crippen molar-refractivity contribution in [3.05, 3.63) is 76.9 Å². The fourth-order valence-corrected chi connectivity index (χ4v) is 5.47. The summed E-state index contributed by atoms with van der Waals surface area (Å²) in [5.74, 6) is 1.43. The third-order valence-electron chi connectivity index (χ3n) is 7.13. The van der Waals surface area contributed by atoms with Gasteiger partial charge in [-0.3, -0.25) is 9.59 Å². The molecule has 0 radical (unpaired) electrons. The largest absolute Gasteiger partial charge is 0.497 e. The molecule has 2 aliphatic rings. The van der Waals surface area contributed by atoms with Gasteiger partial charge in [-0.1, -0.05) is 18.2 Å². The molecule has 8 heteroatoms. The zero-order chi connectivity index (χ0) is 26.8. The number of methoxy groups -OCH3 is 2. The average Bonchev–Trinajstić information content (AvgIpc) is 2.94. The lowest BCUT2D eigenvalue weighted by molar-refractivity contribution is -0.119. The van der Waals surface area contributed by atoms with E-state index in [9.17, 15) is 9.59 Å². The molecule has 2 heterocycles. The first-order valence-corrected chi connectivity index (χ1v) is 12.9. The maximum absolute atomic E-state index is 14.1. The SMILES string of the molecule is CCOc1cc2c(cc1OCC)[C@H]1[C@H](C(=O)Nc3ccc(OC)cc3OC)c3ccccc3C(=O)N1CC2. The van der Waals surface area contributed by atoms with Crippen molar-refractivity contribution in [2.24, 2.45) is 0 Å². The van der Waals surface area contributed by atoms with E-state index in [0.717, 1.165) is 11.1 Å².